The van der Waals surface area contributed by atoms with Gasteiger partial charge in [0.2, 0.25) is 15.9 Å². The SMILES string of the molecule is CNS(=O)(=O)CCCSc1nnc(Cc2ccccc2)o1. The number of rotatable bonds is 8. The van der Waals surface area contributed by atoms with Crippen molar-refractivity contribution in [1.29, 1.82) is 0 Å². The third-order valence-electron chi connectivity index (χ3n) is 2.74. The summed E-state index contributed by atoms with van der Waals surface area (Å²) in [4.78, 5) is 0. The summed E-state index contributed by atoms with van der Waals surface area (Å²) in [5.74, 6) is 1.28. The minimum absolute atomic E-state index is 0.0987. The summed E-state index contributed by atoms with van der Waals surface area (Å²) in [5.41, 5.74) is 1.11. The molecule has 0 amide bonds. The van der Waals surface area contributed by atoms with Gasteiger partial charge >= 0.3 is 0 Å². The van der Waals surface area contributed by atoms with Gasteiger partial charge in [0.25, 0.3) is 5.22 Å². The molecule has 6 nitrogen and oxygen atoms in total. The van der Waals surface area contributed by atoms with Crippen molar-refractivity contribution < 1.29 is 12.8 Å². The first-order valence-electron chi connectivity index (χ1n) is 6.49. The second-order valence-corrected chi connectivity index (χ2v) is 7.44. The van der Waals surface area contributed by atoms with Crippen molar-refractivity contribution in [3.8, 4) is 0 Å². The molecule has 0 atom stereocenters. The lowest BCUT2D eigenvalue weighted by atomic mass is 10.2. The van der Waals surface area contributed by atoms with Crippen LogP contribution in [0.4, 0.5) is 0 Å². The Hall–Kier alpha value is -1.38. The summed E-state index contributed by atoms with van der Waals surface area (Å²) < 4.78 is 30.3. The quantitative estimate of drug-likeness (QED) is 0.587. The average molecular weight is 327 g/mol. The van der Waals surface area contributed by atoms with Crippen LogP contribution in [-0.4, -0.2) is 37.2 Å². The molecule has 114 valence electrons. The lowest BCUT2D eigenvalue weighted by Gasteiger charge is -2.00. The Kier molecular flexibility index (Phi) is 5.77. The van der Waals surface area contributed by atoms with Crippen LogP contribution in [0.1, 0.15) is 17.9 Å². The van der Waals surface area contributed by atoms with Gasteiger partial charge < -0.3 is 4.42 Å². The minimum atomic E-state index is -3.14. The lowest BCUT2D eigenvalue weighted by molar-refractivity contribution is 0.420. The van der Waals surface area contributed by atoms with Gasteiger partial charge in [0.15, 0.2) is 0 Å². The second-order valence-electron chi connectivity index (χ2n) is 4.35. The zero-order valence-electron chi connectivity index (χ0n) is 11.7. The molecule has 1 N–H and O–H groups in total. The van der Waals surface area contributed by atoms with Gasteiger partial charge in [0.05, 0.1) is 12.2 Å². The maximum absolute atomic E-state index is 11.2. The summed E-state index contributed by atoms with van der Waals surface area (Å²) in [6.45, 7) is 0. The molecule has 0 bridgehead atoms. The molecule has 0 unspecified atom stereocenters. The summed E-state index contributed by atoms with van der Waals surface area (Å²) in [7, 11) is -1.73. The molecule has 0 spiro atoms. The van der Waals surface area contributed by atoms with Crippen LogP contribution in [0.3, 0.4) is 0 Å². The Balaban J connectivity index is 1.78. The Labute approximate surface area is 128 Å². The highest BCUT2D eigenvalue weighted by molar-refractivity contribution is 7.99. The molecule has 21 heavy (non-hydrogen) atoms. The van der Waals surface area contributed by atoms with Crippen LogP contribution < -0.4 is 4.72 Å². The molecule has 0 aliphatic heterocycles. The highest BCUT2D eigenvalue weighted by atomic mass is 32.2. The molecular formula is C13H17N3O3S2. The zero-order valence-corrected chi connectivity index (χ0v) is 13.3. The second kappa shape index (κ2) is 7.58. The van der Waals surface area contributed by atoms with E-state index in [-0.39, 0.29) is 5.75 Å². The number of benzene rings is 1. The van der Waals surface area contributed by atoms with Gasteiger partial charge in [-0.05, 0) is 19.0 Å². The monoisotopic (exact) mass is 327 g/mol. The highest BCUT2D eigenvalue weighted by Crippen LogP contribution is 2.18. The smallest absolute Gasteiger partial charge is 0.276 e. The van der Waals surface area contributed by atoms with Crippen molar-refractivity contribution in [2.24, 2.45) is 0 Å². The molecule has 0 saturated heterocycles. The Morgan fingerprint density at radius 1 is 1.24 bits per heavy atom. The van der Waals surface area contributed by atoms with E-state index in [0.29, 0.717) is 29.7 Å². The maximum atomic E-state index is 11.2. The Bertz CT molecular complexity index is 656. The van der Waals surface area contributed by atoms with E-state index in [2.05, 4.69) is 14.9 Å². The van der Waals surface area contributed by atoms with Crippen molar-refractivity contribution in [2.45, 2.75) is 18.1 Å². The van der Waals surface area contributed by atoms with Crippen molar-refractivity contribution in [2.75, 3.05) is 18.6 Å². The third-order valence-corrected chi connectivity index (χ3v) is 5.09. The summed E-state index contributed by atoms with van der Waals surface area (Å²) in [5, 5.41) is 8.41. The fraction of sp³-hybridized carbons (Fsp3) is 0.385. The first kappa shape index (κ1) is 16.0. The molecule has 2 aromatic rings. The van der Waals surface area contributed by atoms with E-state index < -0.39 is 10.0 Å². The van der Waals surface area contributed by atoms with Crippen LogP contribution in [0.2, 0.25) is 0 Å². The number of nitrogens with one attached hydrogen (secondary N) is 1. The van der Waals surface area contributed by atoms with Crippen molar-refractivity contribution >= 4 is 21.8 Å². The molecule has 1 aromatic carbocycles. The van der Waals surface area contributed by atoms with Gasteiger partial charge in [-0.15, -0.1) is 10.2 Å². The highest BCUT2D eigenvalue weighted by Gasteiger charge is 2.09. The van der Waals surface area contributed by atoms with E-state index in [9.17, 15) is 8.42 Å². The van der Waals surface area contributed by atoms with E-state index in [1.807, 2.05) is 30.3 Å². The minimum Gasteiger partial charge on any atom is -0.416 e. The van der Waals surface area contributed by atoms with E-state index in [4.69, 9.17) is 4.42 Å². The maximum Gasteiger partial charge on any atom is 0.276 e. The number of thioether (sulfide) groups is 1. The van der Waals surface area contributed by atoms with Gasteiger partial charge in [0.1, 0.15) is 0 Å². The molecule has 0 saturated carbocycles. The number of nitrogens with zero attached hydrogens (tertiary/aromatic N) is 2. The van der Waals surface area contributed by atoms with E-state index in [1.54, 1.807) is 0 Å². The predicted octanol–water partition coefficient (Wildman–Crippen LogP) is 1.69. The van der Waals surface area contributed by atoms with Crippen molar-refractivity contribution in [3.63, 3.8) is 0 Å². The van der Waals surface area contributed by atoms with E-state index >= 15 is 0 Å². The standard InChI is InChI=1S/C13H17N3O3S2/c1-14-21(17,18)9-5-8-20-13-16-15-12(19-13)10-11-6-3-2-4-7-11/h2-4,6-7,14H,5,8-10H2,1H3. The van der Waals surface area contributed by atoms with E-state index in [0.717, 1.165) is 5.56 Å². The summed E-state index contributed by atoms with van der Waals surface area (Å²) in [6, 6.07) is 9.88. The average Bonchev–Trinajstić information content (AvgIpc) is 2.92. The molecule has 8 heteroatoms. The zero-order chi connectivity index (χ0) is 15.1. The molecule has 0 aliphatic rings. The molecule has 0 aliphatic carbocycles. The molecule has 0 radical (unpaired) electrons. The number of sulfonamides is 1. The van der Waals surface area contributed by atoms with Crippen LogP contribution in [0.5, 0.6) is 0 Å². The fourth-order valence-corrected chi connectivity index (χ4v) is 3.28. The molecule has 0 fully saturated rings. The molecular weight excluding hydrogens is 310 g/mol. The molecule has 1 aromatic heterocycles. The topological polar surface area (TPSA) is 85.1 Å². The largest absolute Gasteiger partial charge is 0.416 e. The van der Waals surface area contributed by atoms with Gasteiger partial charge in [-0.25, -0.2) is 13.1 Å². The van der Waals surface area contributed by atoms with Crippen LogP contribution in [0, 0.1) is 0 Å². The van der Waals surface area contributed by atoms with Crippen LogP contribution in [0.25, 0.3) is 0 Å². The van der Waals surface area contributed by atoms with Gasteiger partial charge in [-0.2, -0.15) is 0 Å². The first-order chi connectivity index (χ1) is 10.1. The van der Waals surface area contributed by atoms with Crippen LogP contribution in [-0.2, 0) is 16.4 Å². The fourth-order valence-electron chi connectivity index (χ4n) is 1.65. The number of hydrogen-bond acceptors (Lipinski definition) is 6. The van der Waals surface area contributed by atoms with E-state index in [1.165, 1.54) is 18.8 Å². The van der Waals surface area contributed by atoms with Crippen LogP contribution in [0.15, 0.2) is 40.0 Å². The first-order valence-corrected chi connectivity index (χ1v) is 9.13. The van der Waals surface area contributed by atoms with Crippen molar-refractivity contribution in [3.05, 3.63) is 41.8 Å². The molecule has 1 heterocycles. The third kappa shape index (κ3) is 5.49. The Morgan fingerprint density at radius 3 is 2.71 bits per heavy atom. The van der Waals surface area contributed by atoms with Gasteiger partial charge in [0, 0.05) is 5.75 Å². The number of hydrogen-bond donors (Lipinski definition) is 1. The van der Waals surface area contributed by atoms with Gasteiger partial charge in [-0.1, -0.05) is 42.1 Å². The Morgan fingerprint density at radius 2 is 2.00 bits per heavy atom. The van der Waals surface area contributed by atoms with Crippen LogP contribution >= 0.6 is 11.8 Å². The van der Waals surface area contributed by atoms with Gasteiger partial charge in [-0.3, -0.25) is 0 Å². The summed E-state index contributed by atoms with van der Waals surface area (Å²) in [6.07, 6.45) is 1.13. The molecule has 2 rings (SSSR count). The lowest BCUT2D eigenvalue weighted by Crippen LogP contribution is -2.22. The normalized spacial score (nSPS) is 11.7. The predicted molar refractivity (Wildman–Crippen MR) is 81.7 cm³/mol. The summed E-state index contributed by atoms with van der Waals surface area (Å²) >= 11 is 1.37. The van der Waals surface area contributed by atoms with Crippen molar-refractivity contribution in [1.82, 2.24) is 14.9 Å². The number of aromatic nitrogens is 2.